The number of carbonyl (C=O) groups excluding carboxylic acids is 2. The molecule has 0 aromatic heterocycles. The summed E-state index contributed by atoms with van der Waals surface area (Å²) in [6, 6.07) is -0.548. The number of hydrogen-bond donors (Lipinski definition) is 1. The van der Waals surface area contributed by atoms with Gasteiger partial charge < -0.3 is 15.0 Å². The molecule has 5 nitrogen and oxygen atoms in total. The molecule has 23 heavy (non-hydrogen) atoms. The Bertz CT molecular complexity index is 372. The third-order valence-corrected chi connectivity index (χ3v) is 5.11. The molecule has 1 saturated carbocycles. The Balaban J connectivity index is 1.81. The maximum absolute atomic E-state index is 12.7. The maximum atomic E-state index is 12.7. The molecule has 2 fully saturated rings. The van der Waals surface area contributed by atoms with Crippen LogP contribution in [0.3, 0.4) is 0 Å². The number of rotatable bonds is 7. The zero-order valence-electron chi connectivity index (χ0n) is 14.6. The monoisotopic (exact) mass is 324 g/mol. The molecule has 0 aromatic rings. The molecule has 1 saturated heterocycles. The number of ether oxygens (including phenoxy) is 1. The molecule has 1 N–H and O–H groups in total. The average Bonchev–Trinajstić information content (AvgIpc) is 2.53. The fourth-order valence-electron chi connectivity index (χ4n) is 4.04. The predicted octanol–water partition coefficient (Wildman–Crippen LogP) is 2.20. The van der Waals surface area contributed by atoms with Crippen molar-refractivity contribution in [2.45, 2.75) is 58.4 Å². The number of carbonyl (C=O) groups is 2. The fraction of sp³-hybridized carbons (Fsp3) is 0.889. The van der Waals surface area contributed by atoms with E-state index in [4.69, 9.17) is 4.74 Å². The smallest absolute Gasteiger partial charge is 0.247 e. The molecule has 1 aliphatic heterocycles. The minimum absolute atomic E-state index is 0.000792. The van der Waals surface area contributed by atoms with Gasteiger partial charge in [0.1, 0.15) is 6.04 Å². The van der Waals surface area contributed by atoms with E-state index < -0.39 is 6.04 Å². The van der Waals surface area contributed by atoms with Crippen LogP contribution in [0.2, 0.25) is 0 Å². The first-order valence-corrected chi connectivity index (χ1v) is 9.16. The van der Waals surface area contributed by atoms with Crippen LogP contribution in [0.25, 0.3) is 0 Å². The Morgan fingerprint density at radius 3 is 2.48 bits per heavy atom. The Morgan fingerprint density at radius 1 is 1.22 bits per heavy atom. The normalized spacial score (nSPS) is 27.5. The molecule has 5 heteroatoms. The lowest BCUT2D eigenvalue weighted by atomic mass is 9.90. The zero-order valence-corrected chi connectivity index (χ0v) is 14.6. The van der Waals surface area contributed by atoms with Crippen LogP contribution < -0.4 is 5.32 Å². The Hall–Kier alpha value is -1.10. The molecule has 1 aliphatic carbocycles. The summed E-state index contributed by atoms with van der Waals surface area (Å²) in [5.74, 6) is 1.65. The van der Waals surface area contributed by atoms with Crippen molar-refractivity contribution in [1.29, 1.82) is 0 Å². The van der Waals surface area contributed by atoms with E-state index >= 15 is 0 Å². The molecule has 2 rings (SSSR count). The topological polar surface area (TPSA) is 58.6 Å². The first-order valence-electron chi connectivity index (χ1n) is 9.16. The number of nitrogens with one attached hydrogen (secondary N) is 1. The average molecular weight is 324 g/mol. The van der Waals surface area contributed by atoms with Gasteiger partial charge in [-0.1, -0.05) is 33.1 Å². The van der Waals surface area contributed by atoms with Gasteiger partial charge in [-0.3, -0.25) is 9.59 Å². The standard InChI is InChI=1S/C18H32N2O3/c1-14-8-15(2)10-20(9-14)18(22)17(19-13-21)12-23-11-16-6-4-3-5-7-16/h13-17H,3-12H2,1-2H3,(H,19,21)/t14-,15+,17-/m0/s1. The van der Waals surface area contributed by atoms with Crippen molar-refractivity contribution in [3.8, 4) is 0 Å². The van der Waals surface area contributed by atoms with E-state index in [0.717, 1.165) is 19.5 Å². The van der Waals surface area contributed by atoms with Crippen molar-refractivity contribution in [2.75, 3.05) is 26.3 Å². The first-order chi connectivity index (χ1) is 11.1. The molecular weight excluding hydrogens is 292 g/mol. The van der Waals surface area contributed by atoms with Gasteiger partial charge in [-0.05, 0) is 37.0 Å². The van der Waals surface area contributed by atoms with E-state index in [2.05, 4.69) is 19.2 Å². The van der Waals surface area contributed by atoms with E-state index in [9.17, 15) is 9.59 Å². The molecule has 0 aromatic carbocycles. The summed E-state index contributed by atoms with van der Waals surface area (Å²) in [5.41, 5.74) is 0. The van der Waals surface area contributed by atoms with Gasteiger partial charge in [0.15, 0.2) is 0 Å². The highest BCUT2D eigenvalue weighted by molar-refractivity contribution is 5.84. The molecule has 0 bridgehead atoms. The summed E-state index contributed by atoms with van der Waals surface area (Å²) in [4.78, 5) is 25.4. The third-order valence-electron chi connectivity index (χ3n) is 5.11. The summed E-state index contributed by atoms with van der Waals surface area (Å²) in [6.07, 6.45) is 8.12. The zero-order chi connectivity index (χ0) is 16.7. The number of likely N-dealkylation sites (tertiary alicyclic amines) is 1. The molecule has 0 radical (unpaired) electrons. The number of nitrogens with zero attached hydrogens (tertiary/aromatic N) is 1. The number of piperidine rings is 1. The molecule has 0 unspecified atom stereocenters. The Morgan fingerprint density at radius 2 is 1.87 bits per heavy atom. The molecule has 3 atom stereocenters. The fourth-order valence-corrected chi connectivity index (χ4v) is 4.04. The summed E-state index contributed by atoms with van der Waals surface area (Å²) in [5, 5.41) is 2.65. The van der Waals surface area contributed by atoms with Crippen LogP contribution in [-0.4, -0.2) is 49.6 Å². The third kappa shape index (κ3) is 5.79. The Labute approximate surface area is 140 Å². The molecule has 0 spiro atoms. The minimum atomic E-state index is -0.548. The molecule has 1 heterocycles. The molecular formula is C18H32N2O3. The van der Waals surface area contributed by atoms with Crippen LogP contribution >= 0.6 is 0 Å². The van der Waals surface area contributed by atoms with Crippen LogP contribution in [-0.2, 0) is 14.3 Å². The SMILES string of the molecule is C[C@@H]1C[C@H](C)CN(C(=O)[C@H](COCC2CCCCC2)NC=O)C1. The number of hydrogen-bond acceptors (Lipinski definition) is 3. The van der Waals surface area contributed by atoms with Crippen molar-refractivity contribution in [3.63, 3.8) is 0 Å². The summed E-state index contributed by atoms with van der Waals surface area (Å²) < 4.78 is 5.78. The van der Waals surface area contributed by atoms with Crippen molar-refractivity contribution in [1.82, 2.24) is 10.2 Å². The second kappa shape index (κ2) is 9.26. The first kappa shape index (κ1) is 18.2. The van der Waals surface area contributed by atoms with E-state index in [1.54, 1.807) is 0 Å². The largest absolute Gasteiger partial charge is 0.378 e. The van der Waals surface area contributed by atoms with Crippen LogP contribution in [0.4, 0.5) is 0 Å². The lowest BCUT2D eigenvalue weighted by Gasteiger charge is -2.36. The minimum Gasteiger partial charge on any atom is -0.378 e. The van der Waals surface area contributed by atoms with E-state index in [1.165, 1.54) is 32.1 Å². The van der Waals surface area contributed by atoms with E-state index in [0.29, 0.717) is 30.8 Å². The van der Waals surface area contributed by atoms with Gasteiger partial charge in [0, 0.05) is 19.7 Å². The predicted molar refractivity (Wildman–Crippen MR) is 89.9 cm³/mol. The number of amides is 2. The molecule has 2 amide bonds. The molecule has 2 aliphatic rings. The van der Waals surface area contributed by atoms with Gasteiger partial charge >= 0.3 is 0 Å². The van der Waals surface area contributed by atoms with Crippen LogP contribution in [0.1, 0.15) is 52.4 Å². The van der Waals surface area contributed by atoms with Gasteiger partial charge in [0.05, 0.1) is 6.61 Å². The van der Waals surface area contributed by atoms with Crippen LogP contribution in [0, 0.1) is 17.8 Å². The summed E-state index contributed by atoms with van der Waals surface area (Å²) in [7, 11) is 0. The summed E-state index contributed by atoms with van der Waals surface area (Å²) in [6.45, 7) is 6.91. The van der Waals surface area contributed by atoms with Gasteiger partial charge in [-0.25, -0.2) is 0 Å². The quantitative estimate of drug-likeness (QED) is 0.730. The summed E-state index contributed by atoms with van der Waals surface area (Å²) >= 11 is 0. The van der Waals surface area contributed by atoms with Gasteiger partial charge in [-0.2, -0.15) is 0 Å². The van der Waals surface area contributed by atoms with Crippen molar-refractivity contribution in [2.24, 2.45) is 17.8 Å². The molecule has 132 valence electrons. The highest BCUT2D eigenvalue weighted by Crippen LogP contribution is 2.24. The van der Waals surface area contributed by atoms with E-state index in [-0.39, 0.29) is 12.5 Å². The van der Waals surface area contributed by atoms with Crippen molar-refractivity contribution >= 4 is 12.3 Å². The van der Waals surface area contributed by atoms with Crippen molar-refractivity contribution in [3.05, 3.63) is 0 Å². The highest BCUT2D eigenvalue weighted by Gasteiger charge is 2.30. The van der Waals surface area contributed by atoms with Crippen molar-refractivity contribution < 1.29 is 14.3 Å². The van der Waals surface area contributed by atoms with Gasteiger partial charge in [0.25, 0.3) is 0 Å². The Kier molecular flexibility index (Phi) is 7.34. The second-order valence-electron chi connectivity index (χ2n) is 7.57. The van der Waals surface area contributed by atoms with E-state index in [1.807, 2.05) is 4.90 Å². The second-order valence-corrected chi connectivity index (χ2v) is 7.57. The van der Waals surface area contributed by atoms with Crippen LogP contribution in [0.5, 0.6) is 0 Å². The lowest BCUT2D eigenvalue weighted by Crippen LogP contribution is -2.52. The van der Waals surface area contributed by atoms with Gasteiger partial charge in [-0.15, -0.1) is 0 Å². The lowest BCUT2D eigenvalue weighted by molar-refractivity contribution is -0.139. The highest BCUT2D eigenvalue weighted by atomic mass is 16.5. The maximum Gasteiger partial charge on any atom is 0.247 e. The van der Waals surface area contributed by atoms with Crippen LogP contribution in [0.15, 0.2) is 0 Å². The van der Waals surface area contributed by atoms with Gasteiger partial charge in [0.2, 0.25) is 12.3 Å².